The lowest BCUT2D eigenvalue weighted by Crippen LogP contribution is -2.26. The van der Waals surface area contributed by atoms with Crippen LogP contribution in [0, 0.1) is 0 Å². The molecule has 1 aromatic carbocycles. The van der Waals surface area contributed by atoms with E-state index in [9.17, 15) is 0 Å². The van der Waals surface area contributed by atoms with Crippen LogP contribution >= 0.6 is 0 Å². The van der Waals surface area contributed by atoms with Crippen molar-refractivity contribution in [1.82, 2.24) is 0 Å². The van der Waals surface area contributed by atoms with E-state index in [-0.39, 0.29) is 6.04 Å². The Balaban J connectivity index is 1.83. The van der Waals surface area contributed by atoms with Crippen molar-refractivity contribution < 1.29 is 4.74 Å². The number of nitrogens with two attached hydrogens (primary N) is 1. The zero-order valence-electron chi connectivity index (χ0n) is 9.56. The highest BCUT2D eigenvalue weighted by atomic mass is 16.5. The molecule has 2 nitrogen and oxygen atoms in total. The van der Waals surface area contributed by atoms with Crippen molar-refractivity contribution >= 4 is 0 Å². The zero-order valence-corrected chi connectivity index (χ0v) is 9.56. The lowest BCUT2D eigenvalue weighted by Gasteiger charge is -2.20. The third-order valence-corrected chi connectivity index (χ3v) is 2.92. The molecule has 0 radical (unpaired) electrons. The first kappa shape index (κ1) is 11.2. The van der Waals surface area contributed by atoms with Crippen LogP contribution in [0.5, 0.6) is 0 Å². The van der Waals surface area contributed by atoms with Crippen molar-refractivity contribution in [3.8, 4) is 0 Å². The Morgan fingerprint density at radius 2 is 2.06 bits per heavy atom. The summed E-state index contributed by atoms with van der Waals surface area (Å²) in [5.41, 5.74) is 7.44. The normalized spacial score (nSPS) is 17.4. The molecule has 86 valence electrons. The second-order valence-electron chi connectivity index (χ2n) is 4.23. The summed E-state index contributed by atoms with van der Waals surface area (Å²) < 4.78 is 5.56. The van der Waals surface area contributed by atoms with Crippen LogP contribution in [0.1, 0.15) is 24.8 Å². The minimum Gasteiger partial charge on any atom is -0.497 e. The van der Waals surface area contributed by atoms with Crippen LogP contribution in [-0.4, -0.2) is 12.6 Å². The number of ether oxygens (including phenoxy) is 1. The predicted molar refractivity (Wildman–Crippen MR) is 66.0 cm³/mol. The van der Waals surface area contributed by atoms with E-state index in [4.69, 9.17) is 10.5 Å². The first-order valence-corrected chi connectivity index (χ1v) is 5.98. The molecule has 0 saturated carbocycles. The van der Waals surface area contributed by atoms with E-state index >= 15 is 0 Å². The quantitative estimate of drug-likeness (QED) is 0.841. The maximum absolute atomic E-state index is 6.10. The van der Waals surface area contributed by atoms with Crippen LogP contribution in [0.2, 0.25) is 0 Å². The fraction of sp³-hybridized carbons (Fsp3) is 0.429. The summed E-state index contributed by atoms with van der Waals surface area (Å²) in [5.74, 6) is 0.988. The third kappa shape index (κ3) is 3.11. The Bertz CT molecular complexity index is 345. The molecule has 2 N–H and O–H groups in total. The molecular weight excluding hydrogens is 198 g/mol. The van der Waals surface area contributed by atoms with Gasteiger partial charge in [-0.15, -0.1) is 0 Å². The second-order valence-corrected chi connectivity index (χ2v) is 4.23. The molecule has 1 aliphatic heterocycles. The van der Waals surface area contributed by atoms with Gasteiger partial charge in [-0.2, -0.15) is 0 Å². The number of hydrogen-bond acceptors (Lipinski definition) is 2. The molecule has 2 rings (SSSR count). The number of hydrogen-bond donors (Lipinski definition) is 1. The Morgan fingerprint density at radius 3 is 2.75 bits per heavy atom. The molecule has 1 unspecified atom stereocenters. The highest BCUT2D eigenvalue weighted by Gasteiger charge is 2.13. The molecule has 0 amide bonds. The second kappa shape index (κ2) is 5.71. The fourth-order valence-electron chi connectivity index (χ4n) is 1.94. The smallest absolute Gasteiger partial charge is 0.109 e. The third-order valence-electron chi connectivity index (χ3n) is 2.92. The summed E-state index contributed by atoms with van der Waals surface area (Å²) in [7, 11) is 0. The maximum Gasteiger partial charge on any atom is 0.109 e. The standard InChI is InChI=1S/C14H19NO/c15-13(14-8-4-5-11-16-14)10-9-12-6-2-1-3-7-12/h1-3,6-8,13H,4-5,9-11,15H2. The molecule has 0 aliphatic carbocycles. The van der Waals surface area contributed by atoms with Crippen molar-refractivity contribution in [1.29, 1.82) is 0 Å². The molecule has 2 heteroatoms. The van der Waals surface area contributed by atoms with Crippen LogP contribution in [0.4, 0.5) is 0 Å². The van der Waals surface area contributed by atoms with E-state index in [1.165, 1.54) is 5.56 Å². The number of benzene rings is 1. The van der Waals surface area contributed by atoms with Gasteiger partial charge in [0.15, 0.2) is 0 Å². The van der Waals surface area contributed by atoms with Gasteiger partial charge in [0.05, 0.1) is 12.6 Å². The first-order chi connectivity index (χ1) is 7.86. The van der Waals surface area contributed by atoms with Crippen LogP contribution in [0.3, 0.4) is 0 Å². The van der Waals surface area contributed by atoms with Crippen LogP contribution in [0.25, 0.3) is 0 Å². The lowest BCUT2D eigenvalue weighted by atomic mass is 10.0. The molecule has 1 heterocycles. The average molecular weight is 217 g/mol. The van der Waals surface area contributed by atoms with E-state index in [1.54, 1.807) is 0 Å². The van der Waals surface area contributed by atoms with Gasteiger partial charge >= 0.3 is 0 Å². The minimum atomic E-state index is 0.0560. The van der Waals surface area contributed by atoms with E-state index in [2.05, 4.69) is 30.3 Å². The molecule has 0 bridgehead atoms. The largest absolute Gasteiger partial charge is 0.497 e. The SMILES string of the molecule is NC(CCc1ccccc1)C1=CCCCO1. The molecule has 1 aromatic rings. The van der Waals surface area contributed by atoms with Crippen LogP contribution in [-0.2, 0) is 11.2 Å². The first-order valence-electron chi connectivity index (χ1n) is 5.98. The summed E-state index contributed by atoms with van der Waals surface area (Å²) in [5, 5.41) is 0. The van der Waals surface area contributed by atoms with Crippen molar-refractivity contribution in [2.24, 2.45) is 5.73 Å². The molecule has 1 atom stereocenters. The molecular formula is C14H19NO. The van der Waals surface area contributed by atoms with Gasteiger partial charge in [-0.25, -0.2) is 0 Å². The summed E-state index contributed by atoms with van der Waals surface area (Å²) in [6.45, 7) is 0.824. The van der Waals surface area contributed by atoms with E-state index in [0.717, 1.165) is 38.0 Å². The molecule has 0 spiro atoms. The number of aryl methyl sites for hydroxylation is 1. The highest BCUT2D eigenvalue weighted by molar-refractivity contribution is 5.15. The Kier molecular flexibility index (Phi) is 4.00. The monoisotopic (exact) mass is 217 g/mol. The van der Waals surface area contributed by atoms with Gasteiger partial charge in [-0.3, -0.25) is 0 Å². The minimum absolute atomic E-state index is 0.0560. The van der Waals surface area contributed by atoms with Gasteiger partial charge in [0.25, 0.3) is 0 Å². The number of allylic oxidation sites excluding steroid dienone is 1. The zero-order chi connectivity index (χ0) is 11.2. The highest BCUT2D eigenvalue weighted by Crippen LogP contribution is 2.16. The molecule has 0 fully saturated rings. The molecule has 1 aliphatic rings. The van der Waals surface area contributed by atoms with Gasteiger partial charge in [-0.05, 0) is 37.3 Å². The summed E-state index contributed by atoms with van der Waals surface area (Å²) in [6.07, 6.45) is 6.33. The topological polar surface area (TPSA) is 35.2 Å². The number of rotatable bonds is 4. The van der Waals surface area contributed by atoms with E-state index in [0.29, 0.717) is 0 Å². The van der Waals surface area contributed by atoms with Crippen LogP contribution in [0.15, 0.2) is 42.2 Å². The van der Waals surface area contributed by atoms with Crippen LogP contribution < -0.4 is 5.73 Å². The fourth-order valence-corrected chi connectivity index (χ4v) is 1.94. The van der Waals surface area contributed by atoms with Gasteiger partial charge in [0.2, 0.25) is 0 Å². The average Bonchev–Trinajstić information content (AvgIpc) is 2.38. The molecule has 16 heavy (non-hydrogen) atoms. The lowest BCUT2D eigenvalue weighted by molar-refractivity contribution is 0.173. The van der Waals surface area contributed by atoms with E-state index < -0.39 is 0 Å². The molecule has 0 aromatic heterocycles. The summed E-state index contributed by atoms with van der Waals surface area (Å²) in [4.78, 5) is 0. The van der Waals surface area contributed by atoms with E-state index in [1.807, 2.05) is 6.07 Å². The Morgan fingerprint density at radius 1 is 1.25 bits per heavy atom. The Hall–Kier alpha value is -1.28. The van der Waals surface area contributed by atoms with Crippen molar-refractivity contribution in [2.45, 2.75) is 31.7 Å². The van der Waals surface area contributed by atoms with Crippen molar-refractivity contribution in [3.05, 3.63) is 47.7 Å². The van der Waals surface area contributed by atoms with Crippen molar-refractivity contribution in [2.75, 3.05) is 6.61 Å². The Labute approximate surface area is 97.1 Å². The maximum atomic E-state index is 6.10. The summed E-state index contributed by atoms with van der Waals surface area (Å²) >= 11 is 0. The van der Waals surface area contributed by atoms with Gasteiger partial charge in [-0.1, -0.05) is 30.3 Å². The van der Waals surface area contributed by atoms with Gasteiger partial charge in [0.1, 0.15) is 5.76 Å². The van der Waals surface area contributed by atoms with Crippen molar-refractivity contribution in [3.63, 3.8) is 0 Å². The summed E-state index contributed by atoms with van der Waals surface area (Å²) in [6, 6.07) is 10.5. The molecule has 0 saturated heterocycles. The predicted octanol–water partition coefficient (Wildman–Crippen LogP) is 2.64. The van der Waals surface area contributed by atoms with Gasteiger partial charge in [0, 0.05) is 0 Å². The van der Waals surface area contributed by atoms with Gasteiger partial charge < -0.3 is 10.5 Å².